The summed E-state index contributed by atoms with van der Waals surface area (Å²) in [7, 11) is 0. The van der Waals surface area contributed by atoms with Crippen molar-refractivity contribution in [3.05, 3.63) is 78.6 Å². The van der Waals surface area contributed by atoms with Gasteiger partial charge in [0, 0.05) is 24.4 Å². The van der Waals surface area contributed by atoms with E-state index in [4.69, 9.17) is 4.74 Å². The third kappa shape index (κ3) is 4.58. The summed E-state index contributed by atoms with van der Waals surface area (Å²) in [5.41, 5.74) is 2.87. The number of aromatic nitrogens is 1. The number of aliphatic hydroxyl groups is 1. The number of phenolic OH excluding ortho intramolecular Hbond substituents is 1. The zero-order valence-electron chi connectivity index (χ0n) is 14.0. The van der Waals surface area contributed by atoms with Gasteiger partial charge in [-0.1, -0.05) is 30.3 Å². The number of phenols is 1. The molecule has 0 saturated carbocycles. The van der Waals surface area contributed by atoms with Crippen molar-refractivity contribution < 1.29 is 14.9 Å². The molecule has 0 radical (unpaired) electrons. The van der Waals surface area contributed by atoms with Gasteiger partial charge in [0.05, 0.1) is 6.10 Å². The van der Waals surface area contributed by atoms with Gasteiger partial charge < -0.3 is 14.9 Å². The Labute approximate surface area is 147 Å². The third-order valence-electron chi connectivity index (χ3n) is 3.92. The maximum atomic E-state index is 9.76. The Morgan fingerprint density at radius 2 is 1.80 bits per heavy atom. The molecule has 3 rings (SSSR count). The Hall–Kier alpha value is -2.85. The van der Waals surface area contributed by atoms with Crippen molar-refractivity contribution >= 4 is 0 Å². The zero-order valence-corrected chi connectivity index (χ0v) is 14.0. The maximum absolute atomic E-state index is 9.76. The molecule has 25 heavy (non-hydrogen) atoms. The molecule has 4 nitrogen and oxygen atoms in total. The number of benzene rings is 2. The molecule has 2 atom stereocenters. The normalized spacial score (nSPS) is 13.2. The Bertz CT molecular complexity index is 801. The van der Waals surface area contributed by atoms with Gasteiger partial charge in [-0.15, -0.1) is 0 Å². The van der Waals surface area contributed by atoms with Gasteiger partial charge in [-0.25, -0.2) is 0 Å². The van der Waals surface area contributed by atoms with Gasteiger partial charge in [-0.05, 0) is 48.4 Å². The van der Waals surface area contributed by atoms with Crippen molar-refractivity contribution in [3.8, 4) is 22.6 Å². The van der Waals surface area contributed by atoms with E-state index in [1.54, 1.807) is 31.5 Å². The minimum absolute atomic E-state index is 0.242. The maximum Gasteiger partial charge on any atom is 0.128 e. The molecule has 0 spiro atoms. The summed E-state index contributed by atoms with van der Waals surface area (Å²) in [5.74, 6) is 0.963. The summed E-state index contributed by atoms with van der Waals surface area (Å²) in [4.78, 5) is 4.13. The number of nitrogens with zero attached hydrogens (tertiary/aromatic N) is 1. The van der Waals surface area contributed by atoms with Crippen molar-refractivity contribution in [3.63, 3.8) is 0 Å². The second-order valence-electron chi connectivity index (χ2n) is 6.05. The summed E-state index contributed by atoms with van der Waals surface area (Å²) in [6.45, 7) is 1.75. The van der Waals surface area contributed by atoms with Crippen molar-refractivity contribution in [1.82, 2.24) is 4.98 Å². The molecule has 2 N–H and O–H groups in total. The topological polar surface area (TPSA) is 62.6 Å². The van der Waals surface area contributed by atoms with Crippen molar-refractivity contribution in [2.24, 2.45) is 0 Å². The molecular weight excluding hydrogens is 314 g/mol. The number of aliphatic hydroxyl groups excluding tert-OH is 1. The molecule has 0 aliphatic rings. The van der Waals surface area contributed by atoms with Crippen LogP contribution in [0.1, 0.15) is 25.0 Å². The van der Waals surface area contributed by atoms with Crippen LogP contribution >= 0.6 is 0 Å². The lowest BCUT2D eigenvalue weighted by molar-refractivity contribution is 0.106. The van der Waals surface area contributed by atoms with Crippen LogP contribution in [0.4, 0.5) is 0 Å². The van der Waals surface area contributed by atoms with E-state index in [1.807, 2.05) is 48.5 Å². The smallest absolute Gasteiger partial charge is 0.128 e. The van der Waals surface area contributed by atoms with Crippen LogP contribution in [-0.2, 0) is 0 Å². The summed E-state index contributed by atoms with van der Waals surface area (Å²) >= 11 is 0. The monoisotopic (exact) mass is 335 g/mol. The number of ether oxygens (including phenoxy) is 1. The van der Waals surface area contributed by atoms with E-state index in [9.17, 15) is 10.2 Å². The number of hydrogen-bond acceptors (Lipinski definition) is 4. The fraction of sp³-hybridized carbons (Fsp3) is 0.190. The lowest BCUT2D eigenvalue weighted by Crippen LogP contribution is -2.14. The first-order chi connectivity index (χ1) is 12.1. The SMILES string of the molecule is CC(O)CC(Oc1ccc(-c2cccc(O)c2)cc1)c1cccnc1. The second-order valence-corrected chi connectivity index (χ2v) is 6.05. The molecule has 3 aromatic rings. The summed E-state index contributed by atoms with van der Waals surface area (Å²) < 4.78 is 6.08. The minimum atomic E-state index is -0.475. The quantitative estimate of drug-likeness (QED) is 0.703. The number of hydrogen-bond donors (Lipinski definition) is 2. The predicted molar refractivity (Wildman–Crippen MR) is 97.4 cm³/mol. The van der Waals surface area contributed by atoms with Crippen molar-refractivity contribution in [2.45, 2.75) is 25.6 Å². The molecule has 0 aliphatic carbocycles. The highest BCUT2D eigenvalue weighted by molar-refractivity contribution is 5.65. The highest BCUT2D eigenvalue weighted by atomic mass is 16.5. The van der Waals surface area contributed by atoms with Gasteiger partial charge >= 0.3 is 0 Å². The molecule has 2 unspecified atom stereocenters. The number of aromatic hydroxyl groups is 1. The highest BCUT2D eigenvalue weighted by Gasteiger charge is 2.16. The van der Waals surface area contributed by atoms with Crippen LogP contribution in [0.3, 0.4) is 0 Å². The van der Waals surface area contributed by atoms with E-state index in [0.717, 1.165) is 22.4 Å². The van der Waals surface area contributed by atoms with Gasteiger partial charge in [-0.3, -0.25) is 4.98 Å². The van der Waals surface area contributed by atoms with Crippen LogP contribution in [0.25, 0.3) is 11.1 Å². The van der Waals surface area contributed by atoms with E-state index in [1.165, 1.54) is 0 Å². The Kier molecular flexibility index (Phi) is 5.31. The fourth-order valence-corrected chi connectivity index (χ4v) is 2.70. The van der Waals surface area contributed by atoms with Gasteiger partial charge in [0.15, 0.2) is 0 Å². The zero-order chi connectivity index (χ0) is 17.6. The lowest BCUT2D eigenvalue weighted by atomic mass is 10.0. The van der Waals surface area contributed by atoms with Gasteiger partial charge in [0.25, 0.3) is 0 Å². The van der Waals surface area contributed by atoms with E-state index in [2.05, 4.69) is 4.98 Å². The van der Waals surface area contributed by atoms with Gasteiger partial charge in [0.2, 0.25) is 0 Å². The molecular formula is C21H21NO3. The second kappa shape index (κ2) is 7.81. The third-order valence-corrected chi connectivity index (χ3v) is 3.92. The molecule has 0 saturated heterocycles. The average molecular weight is 335 g/mol. The molecule has 128 valence electrons. The van der Waals surface area contributed by atoms with Crippen LogP contribution in [0, 0.1) is 0 Å². The Balaban J connectivity index is 1.78. The summed E-state index contributed by atoms with van der Waals surface area (Å²) in [6, 6.07) is 18.6. The molecule has 0 amide bonds. The fourth-order valence-electron chi connectivity index (χ4n) is 2.70. The van der Waals surface area contributed by atoms with Crippen molar-refractivity contribution in [2.75, 3.05) is 0 Å². The molecule has 4 heteroatoms. The molecule has 0 aliphatic heterocycles. The van der Waals surface area contributed by atoms with E-state index in [-0.39, 0.29) is 11.9 Å². The molecule has 1 aromatic heterocycles. The first kappa shape index (κ1) is 17.0. The largest absolute Gasteiger partial charge is 0.508 e. The van der Waals surface area contributed by atoms with E-state index in [0.29, 0.717) is 6.42 Å². The molecule has 0 fully saturated rings. The van der Waals surface area contributed by atoms with Gasteiger partial charge in [0.1, 0.15) is 17.6 Å². The van der Waals surface area contributed by atoms with Crippen LogP contribution in [0.2, 0.25) is 0 Å². The number of pyridine rings is 1. The van der Waals surface area contributed by atoms with E-state index >= 15 is 0 Å². The van der Waals surface area contributed by atoms with Crippen LogP contribution in [-0.4, -0.2) is 21.3 Å². The molecule has 1 heterocycles. The summed E-state index contributed by atoms with van der Waals surface area (Å²) in [6.07, 6.45) is 3.22. The lowest BCUT2D eigenvalue weighted by Gasteiger charge is -2.21. The van der Waals surface area contributed by atoms with Crippen LogP contribution in [0.5, 0.6) is 11.5 Å². The van der Waals surface area contributed by atoms with Crippen molar-refractivity contribution in [1.29, 1.82) is 0 Å². The van der Waals surface area contributed by atoms with E-state index < -0.39 is 6.10 Å². The minimum Gasteiger partial charge on any atom is -0.508 e. The first-order valence-corrected chi connectivity index (χ1v) is 8.26. The predicted octanol–water partition coefficient (Wildman–Crippen LogP) is 4.35. The molecule has 2 aromatic carbocycles. The summed E-state index contributed by atoms with van der Waals surface area (Å²) in [5, 5.41) is 19.4. The first-order valence-electron chi connectivity index (χ1n) is 8.26. The van der Waals surface area contributed by atoms with Gasteiger partial charge in [-0.2, -0.15) is 0 Å². The standard InChI is InChI=1S/C21H21NO3/c1-15(23)12-21(18-5-3-11-22-14-18)25-20-9-7-16(8-10-20)17-4-2-6-19(24)13-17/h2-11,13-15,21,23-24H,12H2,1H3. The van der Waals surface area contributed by atoms with Crippen LogP contribution in [0.15, 0.2) is 73.1 Å². The molecule has 0 bridgehead atoms. The highest BCUT2D eigenvalue weighted by Crippen LogP contribution is 2.29. The Morgan fingerprint density at radius 3 is 2.44 bits per heavy atom. The van der Waals surface area contributed by atoms with Crippen LogP contribution < -0.4 is 4.74 Å². The number of rotatable bonds is 6. The average Bonchev–Trinajstić information content (AvgIpc) is 2.62. The Morgan fingerprint density at radius 1 is 1.00 bits per heavy atom.